The predicted octanol–water partition coefficient (Wildman–Crippen LogP) is -0.532. The summed E-state index contributed by atoms with van der Waals surface area (Å²) in [4.78, 5) is 21.3. The average Bonchev–Trinajstić information content (AvgIpc) is 2.16. The van der Waals surface area contributed by atoms with E-state index in [0.717, 1.165) is 25.7 Å². The number of imide groups is 1. The van der Waals surface area contributed by atoms with Crippen molar-refractivity contribution in [3.8, 4) is 0 Å². The Labute approximate surface area is 88.3 Å². The van der Waals surface area contributed by atoms with Crippen molar-refractivity contribution in [3.63, 3.8) is 0 Å². The van der Waals surface area contributed by atoms with Crippen molar-refractivity contribution in [2.45, 2.75) is 37.8 Å². The molecule has 6 heteroatoms. The van der Waals surface area contributed by atoms with E-state index in [-0.39, 0.29) is 18.8 Å². The van der Waals surface area contributed by atoms with E-state index >= 15 is 0 Å². The zero-order valence-electron chi connectivity index (χ0n) is 8.57. The number of amides is 3. The van der Waals surface area contributed by atoms with Gasteiger partial charge in [0, 0.05) is 6.04 Å². The fraction of sp³-hybridized carbons (Fsp3) is 0.778. The number of rotatable bonds is 3. The van der Waals surface area contributed by atoms with E-state index in [4.69, 9.17) is 16.2 Å². The summed E-state index contributed by atoms with van der Waals surface area (Å²) >= 11 is 0. The van der Waals surface area contributed by atoms with E-state index in [9.17, 15) is 9.59 Å². The van der Waals surface area contributed by atoms with Gasteiger partial charge in [-0.2, -0.15) is 0 Å². The highest BCUT2D eigenvalue weighted by molar-refractivity contribution is 5.94. The van der Waals surface area contributed by atoms with Crippen molar-refractivity contribution >= 4 is 11.9 Å². The van der Waals surface area contributed by atoms with E-state index in [1.54, 1.807) is 0 Å². The van der Waals surface area contributed by atoms with Crippen molar-refractivity contribution in [3.05, 3.63) is 0 Å². The van der Waals surface area contributed by atoms with Crippen LogP contribution in [0.3, 0.4) is 0 Å². The molecule has 1 fully saturated rings. The summed E-state index contributed by atoms with van der Waals surface area (Å²) in [5.41, 5.74) is 10.5. The van der Waals surface area contributed by atoms with Gasteiger partial charge in [0.1, 0.15) is 6.61 Å². The maximum atomic E-state index is 11.0. The van der Waals surface area contributed by atoms with Gasteiger partial charge in [0.2, 0.25) is 0 Å². The molecule has 6 nitrogen and oxygen atoms in total. The number of urea groups is 1. The van der Waals surface area contributed by atoms with Crippen molar-refractivity contribution in [1.82, 2.24) is 5.32 Å². The van der Waals surface area contributed by atoms with Gasteiger partial charge >= 0.3 is 6.03 Å². The Morgan fingerprint density at radius 3 is 2.40 bits per heavy atom. The topological polar surface area (TPSA) is 107 Å². The van der Waals surface area contributed by atoms with Gasteiger partial charge in [-0.3, -0.25) is 10.1 Å². The molecule has 86 valence electrons. The largest absolute Gasteiger partial charge is 0.368 e. The third-order valence-corrected chi connectivity index (χ3v) is 2.43. The first-order valence-corrected chi connectivity index (χ1v) is 5.04. The van der Waals surface area contributed by atoms with Gasteiger partial charge in [0.25, 0.3) is 5.91 Å². The molecule has 1 rings (SSSR count). The Balaban J connectivity index is 2.14. The number of nitrogens with two attached hydrogens (primary N) is 2. The maximum Gasteiger partial charge on any atom is 0.318 e. The van der Waals surface area contributed by atoms with Crippen LogP contribution in [-0.2, 0) is 9.53 Å². The molecule has 0 spiro atoms. The molecule has 0 aromatic carbocycles. The van der Waals surface area contributed by atoms with E-state index in [0.29, 0.717) is 0 Å². The normalized spacial score (nSPS) is 25.9. The Morgan fingerprint density at radius 2 is 1.87 bits per heavy atom. The minimum Gasteiger partial charge on any atom is -0.368 e. The first-order chi connectivity index (χ1) is 7.08. The molecule has 5 N–H and O–H groups in total. The summed E-state index contributed by atoms with van der Waals surface area (Å²) in [6.07, 6.45) is 3.64. The number of hydrogen-bond acceptors (Lipinski definition) is 4. The summed E-state index contributed by atoms with van der Waals surface area (Å²) in [7, 11) is 0. The van der Waals surface area contributed by atoms with E-state index in [1.165, 1.54) is 0 Å². The van der Waals surface area contributed by atoms with Gasteiger partial charge < -0.3 is 16.2 Å². The Bertz CT molecular complexity index is 237. The monoisotopic (exact) mass is 215 g/mol. The van der Waals surface area contributed by atoms with Crippen molar-refractivity contribution in [2.75, 3.05) is 6.61 Å². The molecule has 3 amide bonds. The molecule has 1 aliphatic rings. The van der Waals surface area contributed by atoms with E-state index in [2.05, 4.69) is 0 Å². The third kappa shape index (κ3) is 4.75. The van der Waals surface area contributed by atoms with E-state index in [1.807, 2.05) is 5.32 Å². The van der Waals surface area contributed by atoms with Gasteiger partial charge in [0.15, 0.2) is 0 Å². The number of hydrogen-bond donors (Lipinski definition) is 3. The lowest BCUT2D eigenvalue weighted by atomic mass is 9.94. The quantitative estimate of drug-likeness (QED) is 0.588. The number of primary amides is 1. The number of nitrogens with one attached hydrogen (secondary N) is 1. The van der Waals surface area contributed by atoms with Crippen LogP contribution in [-0.4, -0.2) is 30.7 Å². The van der Waals surface area contributed by atoms with Crippen LogP contribution >= 0.6 is 0 Å². The number of ether oxygens (including phenoxy) is 1. The Kier molecular flexibility index (Phi) is 4.51. The Hall–Kier alpha value is -1.14. The van der Waals surface area contributed by atoms with Crippen LogP contribution in [0.2, 0.25) is 0 Å². The molecule has 1 aliphatic carbocycles. The van der Waals surface area contributed by atoms with Crippen molar-refractivity contribution in [1.29, 1.82) is 0 Å². The first-order valence-electron chi connectivity index (χ1n) is 5.04. The van der Waals surface area contributed by atoms with Crippen LogP contribution in [0.5, 0.6) is 0 Å². The van der Waals surface area contributed by atoms with Gasteiger partial charge in [-0.05, 0) is 25.7 Å². The molecule has 0 unspecified atom stereocenters. The summed E-state index contributed by atoms with van der Waals surface area (Å²) in [6.45, 7) is -0.122. The lowest BCUT2D eigenvalue weighted by molar-refractivity contribution is -0.127. The number of carbonyl (C=O) groups is 2. The van der Waals surface area contributed by atoms with Gasteiger partial charge in [-0.15, -0.1) is 0 Å². The maximum absolute atomic E-state index is 11.0. The average molecular weight is 215 g/mol. The van der Waals surface area contributed by atoms with Crippen LogP contribution in [0.4, 0.5) is 4.79 Å². The Morgan fingerprint density at radius 1 is 1.27 bits per heavy atom. The van der Waals surface area contributed by atoms with Gasteiger partial charge in [-0.25, -0.2) is 4.79 Å². The third-order valence-electron chi connectivity index (χ3n) is 2.43. The fourth-order valence-electron chi connectivity index (χ4n) is 1.62. The molecule has 0 aromatic rings. The second-order valence-electron chi connectivity index (χ2n) is 3.76. The lowest BCUT2D eigenvalue weighted by Crippen LogP contribution is -2.39. The molecule has 0 atom stereocenters. The van der Waals surface area contributed by atoms with Gasteiger partial charge in [-0.1, -0.05) is 0 Å². The smallest absolute Gasteiger partial charge is 0.318 e. The molecule has 0 bridgehead atoms. The highest BCUT2D eigenvalue weighted by Crippen LogP contribution is 2.19. The SMILES string of the molecule is NC(=O)NC(=O)COC1CCC(N)CC1. The molecule has 15 heavy (non-hydrogen) atoms. The number of carbonyl (C=O) groups excluding carboxylic acids is 2. The molecule has 0 aromatic heterocycles. The molecule has 0 aliphatic heterocycles. The molecule has 1 saturated carbocycles. The molecule has 0 saturated heterocycles. The predicted molar refractivity (Wildman–Crippen MR) is 53.9 cm³/mol. The summed E-state index contributed by atoms with van der Waals surface area (Å²) < 4.78 is 5.32. The zero-order valence-corrected chi connectivity index (χ0v) is 8.57. The van der Waals surface area contributed by atoms with Crippen LogP contribution in [0.25, 0.3) is 0 Å². The molecular formula is C9H17N3O3. The molecule has 0 radical (unpaired) electrons. The summed E-state index contributed by atoms with van der Waals surface area (Å²) in [5, 5.41) is 1.94. The summed E-state index contributed by atoms with van der Waals surface area (Å²) in [5.74, 6) is -0.502. The highest BCUT2D eigenvalue weighted by Gasteiger charge is 2.19. The second-order valence-corrected chi connectivity index (χ2v) is 3.76. The lowest BCUT2D eigenvalue weighted by Gasteiger charge is -2.25. The fourth-order valence-corrected chi connectivity index (χ4v) is 1.62. The molecule has 0 heterocycles. The highest BCUT2D eigenvalue weighted by atomic mass is 16.5. The minimum absolute atomic E-state index is 0.0726. The first kappa shape index (κ1) is 11.9. The zero-order chi connectivity index (χ0) is 11.3. The van der Waals surface area contributed by atoms with Crippen LogP contribution in [0.15, 0.2) is 0 Å². The molecular weight excluding hydrogens is 198 g/mol. The van der Waals surface area contributed by atoms with Crippen molar-refractivity contribution < 1.29 is 14.3 Å². The minimum atomic E-state index is -0.853. The van der Waals surface area contributed by atoms with Crippen LogP contribution in [0, 0.1) is 0 Å². The van der Waals surface area contributed by atoms with Gasteiger partial charge in [0.05, 0.1) is 6.10 Å². The second kappa shape index (κ2) is 5.67. The van der Waals surface area contributed by atoms with Crippen LogP contribution < -0.4 is 16.8 Å². The van der Waals surface area contributed by atoms with Crippen LogP contribution in [0.1, 0.15) is 25.7 Å². The summed E-state index contributed by atoms with van der Waals surface area (Å²) in [6, 6.07) is -0.599. The van der Waals surface area contributed by atoms with E-state index < -0.39 is 11.9 Å². The van der Waals surface area contributed by atoms with Crippen molar-refractivity contribution in [2.24, 2.45) is 11.5 Å². The standard InChI is InChI=1S/C9H17N3O3/c10-6-1-3-7(4-2-6)15-5-8(13)12-9(11)14/h6-7H,1-5,10H2,(H3,11,12,13,14).